The molecule has 1 N–H and O–H groups in total. The van der Waals surface area contributed by atoms with Gasteiger partial charge in [-0.25, -0.2) is 0 Å². The maximum absolute atomic E-state index is 12.6. The topological polar surface area (TPSA) is 32.3 Å². The number of halogens is 4. The number of amides is 1. The fourth-order valence-corrected chi connectivity index (χ4v) is 4.30. The molecule has 0 radical (unpaired) electrons. The van der Waals surface area contributed by atoms with Gasteiger partial charge in [0, 0.05) is 45.3 Å². The van der Waals surface area contributed by atoms with Crippen LogP contribution in [0.25, 0.3) is 0 Å². The third kappa shape index (κ3) is 5.52. The van der Waals surface area contributed by atoms with E-state index in [2.05, 4.69) is 10.2 Å². The molecule has 2 aromatic carbocycles. The normalized spacial score (nSPS) is 17.7. The molecule has 0 aliphatic carbocycles. The second-order valence-electron chi connectivity index (χ2n) is 6.73. The fraction of sp³-hybridized carbons (Fsp3) is 0.350. The van der Waals surface area contributed by atoms with E-state index in [1.54, 1.807) is 12.1 Å². The van der Waals surface area contributed by atoms with Gasteiger partial charge in [0.25, 0.3) is 0 Å². The molecule has 1 aliphatic rings. The van der Waals surface area contributed by atoms with E-state index in [9.17, 15) is 4.79 Å². The van der Waals surface area contributed by atoms with E-state index in [1.165, 1.54) is 0 Å². The maximum Gasteiger partial charge on any atom is 0.224 e. The highest BCUT2D eigenvalue weighted by Gasteiger charge is 2.26. The molecular formula is C20H20Cl4N2O. The molecule has 0 saturated carbocycles. The van der Waals surface area contributed by atoms with Crippen molar-refractivity contribution in [3.63, 3.8) is 0 Å². The standard InChI is InChI=1S/C20H20Cl4N2O/c21-15-7-6-13(19(24)9-15)10-25-20(27)14-3-2-8-26(11-14)12-16-17(22)4-1-5-18(16)23/h1,4-7,9,14H,2-3,8,10-12H2,(H,25,27). The molecule has 144 valence electrons. The van der Waals surface area contributed by atoms with E-state index in [4.69, 9.17) is 46.4 Å². The lowest BCUT2D eigenvalue weighted by Crippen LogP contribution is -2.42. The number of nitrogens with zero attached hydrogens (tertiary/aromatic N) is 1. The van der Waals surface area contributed by atoms with E-state index in [1.807, 2.05) is 24.3 Å². The Morgan fingerprint density at radius 2 is 1.81 bits per heavy atom. The lowest BCUT2D eigenvalue weighted by Gasteiger charge is -2.32. The van der Waals surface area contributed by atoms with Gasteiger partial charge in [-0.1, -0.05) is 58.5 Å². The predicted octanol–water partition coefficient (Wildman–Crippen LogP) is 5.83. The molecule has 1 amide bonds. The van der Waals surface area contributed by atoms with Gasteiger partial charge in [-0.15, -0.1) is 0 Å². The highest BCUT2D eigenvalue weighted by Crippen LogP contribution is 2.28. The van der Waals surface area contributed by atoms with Crippen molar-refractivity contribution >= 4 is 52.3 Å². The Morgan fingerprint density at radius 3 is 2.52 bits per heavy atom. The van der Waals surface area contributed by atoms with Crippen LogP contribution in [0, 0.1) is 5.92 Å². The van der Waals surface area contributed by atoms with Crippen LogP contribution in [0.3, 0.4) is 0 Å². The minimum Gasteiger partial charge on any atom is -0.352 e. The number of piperidine rings is 1. The molecule has 1 atom stereocenters. The lowest BCUT2D eigenvalue weighted by molar-refractivity contribution is -0.126. The van der Waals surface area contributed by atoms with Crippen molar-refractivity contribution < 1.29 is 4.79 Å². The number of likely N-dealkylation sites (tertiary alicyclic amines) is 1. The van der Waals surface area contributed by atoms with Crippen LogP contribution in [-0.4, -0.2) is 23.9 Å². The van der Waals surface area contributed by atoms with Crippen LogP contribution in [0.15, 0.2) is 36.4 Å². The van der Waals surface area contributed by atoms with Gasteiger partial charge >= 0.3 is 0 Å². The zero-order valence-electron chi connectivity index (χ0n) is 14.7. The Kier molecular flexibility index (Phi) is 7.29. The first-order valence-corrected chi connectivity index (χ1v) is 10.3. The van der Waals surface area contributed by atoms with Gasteiger partial charge in [0.15, 0.2) is 0 Å². The maximum atomic E-state index is 12.6. The molecule has 3 nitrogen and oxygen atoms in total. The van der Waals surface area contributed by atoms with Crippen molar-refractivity contribution in [3.05, 3.63) is 67.6 Å². The van der Waals surface area contributed by atoms with Crippen molar-refractivity contribution in [1.29, 1.82) is 0 Å². The van der Waals surface area contributed by atoms with Gasteiger partial charge in [-0.3, -0.25) is 9.69 Å². The fourth-order valence-electron chi connectivity index (χ4n) is 3.31. The van der Waals surface area contributed by atoms with Gasteiger partial charge < -0.3 is 5.32 Å². The third-order valence-corrected chi connectivity index (χ3v) is 6.08. The highest BCUT2D eigenvalue weighted by atomic mass is 35.5. The molecule has 0 spiro atoms. The quantitative estimate of drug-likeness (QED) is 0.627. The molecule has 0 bridgehead atoms. The Morgan fingerprint density at radius 1 is 1.07 bits per heavy atom. The monoisotopic (exact) mass is 444 g/mol. The Hall–Kier alpha value is -0.970. The molecule has 27 heavy (non-hydrogen) atoms. The summed E-state index contributed by atoms with van der Waals surface area (Å²) in [6.07, 6.45) is 1.83. The van der Waals surface area contributed by atoms with Crippen molar-refractivity contribution in [2.75, 3.05) is 13.1 Å². The van der Waals surface area contributed by atoms with E-state index in [0.717, 1.165) is 30.5 Å². The number of nitrogens with one attached hydrogen (secondary N) is 1. The summed E-state index contributed by atoms with van der Waals surface area (Å²) >= 11 is 24.6. The first-order valence-electron chi connectivity index (χ1n) is 8.81. The largest absolute Gasteiger partial charge is 0.352 e. The number of carbonyl (C=O) groups is 1. The van der Waals surface area contributed by atoms with Crippen molar-refractivity contribution in [3.8, 4) is 0 Å². The lowest BCUT2D eigenvalue weighted by atomic mass is 9.96. The van der Waals surface area contributed by atoms with E-state index in [-0.39, 0.29) is 11.8 Å². The predicted molar refractivity (Wildman–Crippen MR) is 113 cm³/mol. The van der Waals surface area contributed by atoms with E-state index < -0.39 is 0 Å². The van der Waals surface area contributed by atoms with Gasteiger partial charge in [-0.05, 0) is 49.2 Å². The second kappa shape index (κ2) is 9.49. The molecule has 3 rings (SSSR count). The Balaban J connectivity index is 1.58. The summed E-state index contributed by atoms with van der Waals surface area (Å²) in [5.74, 6) is -0.0259. The minimum absolute atomic E-state index is 0.0379. The van der Waals surface area contributed by atoms with Crippen LogP contribution in [0.1, 0.15) is 24.0 Å². The van der Waals surface area contributed by atoms with Crippen LogP contribution in [-0.2, 0) is 17.9 Å². The molecule has 1 aliphatic heterocycles. The van der Waals surface area contributed by atoms with Gasteiger partial charge in [-0.2, -0.15) is 0 Å². The van der Waals surface area contributed by atoms with Crippen LogP contribution < -0.4 is 5.32 Å². The molecule has 1 fully saturated rings. The summed E-state index contributed by atoms with van der Waals surface area (Å²) in [6.45, 7) is 2.64. The molecular weight excluding hydrogens is 426 g/mol. The van der Waals surface area contributed by atoms with E-state index in [0.29, 0.717) is 39.7 Å². The van der Waals surface area contributed by atoms with E-state index >= 15 is 0 Å². The zero-order valence-corrected chi connectivity index (χ0v) is 17.7. The average Bonchev–Trinajstić information content (AvgIpc) is 2.64. The summed E-state index contributed by atoms with van der Waals surface area (Å²) in [7, 11) is 0. The SMILES string of the molecule is O=C(NCc1ccc(Cl)cc1Cl)C1CCCN(Cc2c(Cl)cccc2Cl)C1. The Labute approximate surface area is 179 Å². The van der Waals surface area contributed by atoms with Crippen molar-refractivity contribution in [2.24, 2.45) is 5.92 Å². The highest BCUT2D eigenvalue weighted by molar-refractivity contribution is 6.36. The first kappa shape index (κ1) is 20.8. The average molecular weight is 446 g/mol. The Bertz CT molecular complexity index is 807. The zero-order chi connectivity index (χ0) is 19.4. The molecule has 1 saturated heterocycles. The molecule has 1 heterocycles. The number of carbonyl (C=O) groups excluding carboxylic acids is 1. The van der Waals surface area contributed by atoms with Crippen LogP contribution in [0.5, 0.6) is 0 Å². The second-order valence-corrected chi connectivity index (χ2v) is 8.39. The number of benzene rings is 2. The van der Waals surface area contributed by atoms with Crippen molar-refractivity contribution in [2.45, 2.75) is 25.9 Å². The van der Waals surface area contributed by atoms with Crippen LogP contribution in [0.4, 0.5) is 0 Å². The van der Waals surface area contributed by atoms with Gasteiger partial charge in [0.05, 0.1) is 5.92 Å². The third-order valence-electron chi connectivity index (χ3n) is 4.79. The minimum atomic E-state index is -0.0638. The molecule has 1 unspecified atom stereocenters. The summed E-state index contributed by atoms with van der Waals surface area (Å²) < 4.78 is 0. The van der Waals surface area contributed by atoms with Crippen molar-refractivity contribution in [1.82, 2.24) is 10.2 Å². The van der Waals surface area contributed by atoms with Gasteiger partial charge in [0.2, 0.25) is 5.91 Å². The smallest absolute Gasteiger partial charge is 0.224 e. The van der Waals surface area contributed by atoms with Crippen LogP contribution in [0.2, 0.25) is 20.1 Å². The number of hydrogen-bond donors (Lipinski definition) is 1. The summed E-state index contributed by atoms with van der Waals surface area (Å²) in [5, 5.41) is 5.45. The summed E-state index contributed by atoms with van der Waals surface area (Å²) in [4.78, 5) is 14.9. The number of hydrogen-bond acceptors (Lipinski definition) is 2. The number of rotatable bonds is 5. The van der Waals surface area contributed by atoms with Crippen LogP contribution >= 0.6 is 46.4 Å². The molecule has 2 aromatic rings. The first-order chi connectivity index (χ1) is 12.9. The summed E-state index contributed by atoms with van der Waals surface area (Å²) in [5.41, 5.74) is 1.76. The summed E-state index contributed by atoms with van der Waals surface area (Å²) in [6, 6.07) is 10.8. The van der Waals surface area contributed by atoms with Gasteiger partial charge in [0.1, 0.15) is 0 Å². The molecule has 0 aromatic heterocycles. The molecule has 7 heteroatoms.